The minimum absolute atomic E-state index is 0.107. The first-order valence-electron chi connectivity index (χ1n) is 5.99. The third-order valence-corrected chi connectivity index (χ3v) is 3.28. The highest BCUT2D eigenvalue weighted by molar-refractivity contribution is 9.10. The van der Waals surface area contributed by atoms with Gasteiger partial charge >= 0.3 is 5.97 Å². The van der Waals surface area contributed by atoms with Crippen molar-refractivity contribution in [2.24, 2.45) is 0 Å². The maximum Gasteiger partial charge on any atom is 0.335 e. The summed E-state index contributed by atoms with van der Waals surface area (Å²) in [5.74, 6) is -0.924. The topological polar surface area (TPSA) is 58.6 Å². The van der Waals surface area contributed by atoms with E-state index < -0.39 is 5.97 Å². The number of carboxylic acid groups (broad SMARTS) is 1. The number of halogens is 1. The van der Waals surface area contributed by atoms with Crippen LogP contribution in [0.4, 0.5) is 0 Å². The molecule has 0 bridgehead atoms. The van der Waals surface area contributed by atoms with Crippen LogP contribution in [0.1, 0.15) is 22.8 Å². The summed E-state index contributed by atoms with van der Waals surface area (Å²) < 4.78 is 6.23. The fraction of sp³-hybridized carbons (Fsp3) is 0.357. The van der Waals surface area contributed by atoms with Crippen molar-refractivity contribution in [1.82, 2.24) is 5.32 Å². The van der Waals surface area contributed by atoms with Gasteiger partial charge < -0.3 is 15.2 Å². The molecule has 0 aliphatic heterocycles. The van der Waals surface area contributed by atoms with Gasteiger partial charge in [0.25, 0.3) is 0 Å². The molecule has 1 rings (SSSR count). The van der Waals surface area contributed by atoms with E-state index in [0.717, 1.165) is 16.6 Å². The minimum atomic E-state index is -0.924. The van der Waals surface area contributed by atoms with Crippen molar-refractivity contribution in [3.05, 3.63) is 46.5 Å². The monoisotopic (exact) mass is 327 g/mol. The summed E-state index contributed by atoms with van der Waals surface area (Å²) in [4.78, 5) is 10.8. The molecule has 4 nitrogen and oxygen atoms in total. The Kier molecular flexibility index (Phi) is 6.77. The quantitative estimate of drug-likeness (QED) is 0.721. The summed E-state index contributed by atoms with van der Waals surface area (Å²) in [6, 6.07) is 5.01. The van der Waals surface area contributed by atoms with E-state index in [9.17, 15) is 4.79 Å². The van der Waals surface area contributed by atoms with Crippen LogP contribution >= 0.6 is 15.9 Å². The highest BCUT2D eigenvalue weighted by atomic mass is 79.9. The second kappa shape index (κ2) is 8.09. The highest BCUT2D eigenvalue weighted by Gasteiger charge is 2.07. The number of carboxylic acids is 1. The fourth-order valence-electron chi connectivity index (χ4n) is 1.53. The summed E-state index contributed by atoms with van der Waals surface area (Å²) in [6.45, 7) is 7.50. The SMILES string of the molecule is C=CCOC(C)CNCc1ccc(C(=O)O)cc1Br. The summed E-state index contributed by atoms with van der Waals surface area (Å²) in [5.41, 5.74) is 1.29. The molecule has 0 saturated heterocycles. The van der Waals surface area contributed by atoms with Crippen molar-refractivity contribution in [3.63, 3.8) is 0 Å². The van der Waals surface area contributed by atoms with Crippen LogP contribution < -0.4 is 5.32 Å². The molecule has 0 spiro atoms. The first kappa shape index (κ1) is 15.9. The largest absolute Gasteiger partial charge is 0.478 e. The molecule has 2 N–H and O–H groups in total. The van der Waals surface area contributed by atoms with Gasteiger partial charge in [0, 0.05) is 17.6 Å². The van der Waals surface area contributed by atoms with Crippen LogP contribution in [0, 0.1) is 0 Å². The number of rotatable bonds is 8. The first-order chi connectivity index (χ1) is 9.04. The molecule has 1 atom stereocenters. The lowest BCUT2D eigenvalue weighted by atomic mass is 10.1. The Bertz CT molecular complexity index is 448. The van der Waals surface area contributed by atoms with E-state index in [1.807, 2.05) is 6.92 Å². The molecule has 19 heavy (non-hydrogen) atoms. The maximum absolute atomic E-state index is 10.8. The Morgan fingerprint density at radius 2 is 2.37 bits per heavy atom. The zero-order valence-corrected chi connectivity index (χ0v) is 12.4. The van der Waals surface area contributed by atoms with Crippen molar-refractivity contribution >= 4 is 21.9 Å². The van der Waals surface area contributed by atoms with Gasteiger partial charge in [0.1, 0.15) is 0 Å². The van der Waals surface area contributed by atoms with Gasteiger partial charge in [-0.05, 0) is 24.6 Å². The minimum Gasteiger partial charge on any atom is -0.478 e. The molecule has 0 amide bonds. The van der Waals surface area contributed by atoms with Gasteiger partial charge in [-0.15, -0.1) is 6.58 Å². The van der Waals surface area contributed by atoms with Crippen LogP contribution in [-0.2, 0) is 11.3 Å². The second-order valence-corrected chi connectivity index (χ2v) is 5.03. The number of nitrogens with one attached hydrogen (secondary N) is 1. The number of benzene rings is 1. The molecule has 0 aromatic heterocycles. The summed E-state index contributed by atoms with van der Waals surface area (Å²) in [5, 5.41) is 12.1. The number of hydrogen-bond donors (Lipinski definition) is 2. The molecule has 5 heteroatoms. The van der Waals surface area contributed by atoms with E-state index in [0.29, 0.717) is 13.2 Å². The number of hydrogen-bond acceptors (Lipinski definition) is 3. The molecular weight excluding hydrogens is 310 g/mol. The molecule has 0 fully saturated rings. The van der Waals surface area contributed by atoms with E-state index in [1.54, 1.807) is 24.3 Å². The van der Waals surface area contributed by atoms with Crippen LogP contribution in [0.15, 0.2) is 35.3 Å². The fourth-order valence-corrected chi connectivity index (χ4v) is 2.04. The maximum atomic E-state index is 10.8. The summed E-state index contributed by atoms with van der Waals surface area (Å²) in [6.07, 6.45) is 1.83. The zero-order chi connectivity index (χ0) is 14.3. The van der Waals surface area contributed by atoms with Crippen molar-refractivity contribution in [3.8, 4) is 0 Å². The van der Waals surface area contributed by atoms with Gasteiger partial charge in [-0.2, -0.15) is 0 Å². The Morgan fingerprint density at radius 1 is 1.63 bits per heavy atom. The van der Waals surface area contributed by atoms with Gasteiger partial charge in [-0.25, -0.2) is 4.79 Å². The van der Waals surface area contributed by atoms with Gasteiger partial charge in [0.05, 0.1) is 18.3 Å². The Morgan fingerprint density at radius 3 is 2.95 bits per heavy atom. The van der Waals surface area contributed by atoms with Crippen molar-refractivity contribution < 1.29 is 14.6 Å². The molecule has 0 saturated carbocycles. The van der Waals surface area contributed by atoms with Crippen LogP contribution in [0.5, 0.6) is 0 Å². The molecule has 1 unspecified atom stereocenters. The Hall–Kier alpha value is -1.17. The molecule has 0 aliphatic rings. The second-order valence-electron chi connectivity index (χ2n) is 4.17. The lowest BCUT2D eigenvalue weighted by Gasteiger charge is -2.13. The van der Waals surface area contributed by atoms with Crippen molar-refractivity contribution in [2.45, 2.75) is 19.6 Å². The molecule has 0 aliphatic carbocycles. The lowest BCUT2D eigenvalue weighted by Crippen LogP contribution is -2.26. The Balaban J connectivity index is 2.45. The van der Waals surface area contributed by atoms with E-state index in [2.05, 4.69) is 27.8 Å². The summed E-state index contributed by atoms with van der Waals surface area (Å²) in [7, 11) is 0. The van der Waals surface area contributed by atoms with E-state index >= 15 is 0 Å². The van der Waals surface area contributed by atoms with Crippen LogP contribution in [0.3, 0.4) is 0 Å². The van der Waals surface area contributed by atoms with Gasteiger partial charge in [0.2, 0.25) is 0 Å². The van der Waals surface area contributed by atoms with Crippen molar-refractivity contribution in [1.29, 1.82) is 0 Å². The smallest absolute Gasteiger partial charge is 0.335 e. The standard InChI is InChI=1S/C14H18BrNO3/c1-3-6-19-10(2)8-16-9-12-5-4-11(14(17)18)7-13(12)15/h3-5,7,10,16H,1,6,8-9H2,2H3,(H,17,18). The molecule has 0 radical (unpaired) electrons. The van der Waals surface area contributed by atoms with Gasteiger partial charge in [0.15, 0.2) is 0 Å². The van der Waals surface area contributed by atoms with Crippen LogP contribution in [-0.4, -0.2) is 30.3 Å². The average molecular weight is 328 g/mol. The number of ether oxygens (including phenoxy) is 1. The molecule has 104 valence electrons. The van der Waals surface area contributed by atoms with E-state index in [-0.39, 0.29) is 11.7 Å². The molecule has 1 aromatic carbocycles. The summed E-state index contributed by atoms with van der Waals surface area (Å²) >= 11 is 3.38. The molecular formula is C14H18BrNO3. The number of aromatic carboxylic acids is 1. The predicted molar refractivity (Wildman–Crippen MR) is 78.4 cm³/mol. The van der Waals surface area contributed by atoms with E-state index in [1.165, 1.54) is 0 Å². The first-order valence-corrected chi connectivity index (χ1v) is 6.78. The zero-order valence-electron chi connectivity index (χ0n) is 10.9. The highest BCUT2D eigenvalue weighted by Crippen LogP contribution is 2.18. The van der Waals surface area contributed by atoms with E-state index in [4.69, 9.17) is 9.84 Å². The lowest BCUT2D eigenvalue weighted by molar-refractivity contribution is 0.0697. The third kappa shape index (κ3) is 5.55. The Labute approximate surface area is 121 Å². The van der Waals surface area contributed by atoms with Gasteiger partial charge in [-0.3, -0.25) is 0 Å². The molecule has 1 aromatic rings. The third-order valence-electron chi connectivity index (χ3n) is 2.55. The normalized spacial score (nSPS) is 12.1. The predicted octanol–water partition coefficient (Wildman–Crippen LogP) is 2.83. The molecule has 0 heterocycles. The average Bonchev–Trinajstić information content (AvgIpc) is 2.38. The van der Waals surface area contributed by atoms with Gasteiger partial charge in [-0.1, -0.05) is 28.1 Å². The van der Waals surface area contributed by atoms with Crippen LogP contribution in [0.2, 0.25) is 0 Å². The van der Waals surface area contributed by atoms with Crippen LogP contribution in [0.25, 0.3) is 0 Å². The van der Waals surface area contributed by atoms with Crippen molar-refractivity contribution in [2.75, 3.05) is 13.2 Å². The number of carbonyl (C=O) groups is 1.